The summed E-state index contributed by atoms with van der Waals surface area (Å²) in [5, 5.41) is 14.7. The second-order valence-corrected chi connectivity index (χ2v) is 3.99. The highest BCUT2D eigenvalue weighted by Gasteiger charge is 2.08. The Hall–Kier alpha value is -2.59. The van der Waals surface area contributed by atoms with Crippen LogP contribution >= 0.6 is 11.6 Å². The number of nitrogens with one attached hydrogen (secondary N) is 2. The van der Waals surface area contributed by atoms with Gasteiger partial charge >= 0.3 is 0 Å². The Kier molecular flexibility index (Phi) is 4.17. The Balaban J connectivity index is 2.34. The maximum absolute atomic E-state index is 8.86. The van der Waals surface area contributed by atoms with Gasteiger partial charge in [-0.05, 0) is 23.7 Å². The molecule has 0 aliphatic rings. The summed E-state index contributed by atoms with van der Waals surface area (Å²) in [6.07, 6.45) is 0. The molecular formula is C12H11ClN6O. The van der Waals surface area contributed by atoms with Gasteiger partial charge in [-0.2, -0.15) is 20.2 Å². The van der Waals surface area contributed by atoms with Crippen LogP contribution in [0.2, 0.25) is 5.28 Å². The maximum atomic E-state index is 8.86. The van der Waals surface area contributed by atoms with E-state index >= 15 is 0 Å². The van der Waals surface area contributed by atoms with E-state index in [9.17, 15) is 0 Å². The van der Waals surface area contributed by atoms with Crippen LogP contribution in [0.25, 0.3) is 0 Å². The van der Waals surface area contributed by atoms with Crippen LogP contribution in [0.3, 0.4) is 0 Å². The second-order valence-electron chi connectivity index (χ2n) is 3.65. The molecule has 7 nitrogen and oxygen atoms in total. The summed E-state index contributed by atoms with van der Waals surface area (Å²) >= 11 is 5.80. The van der Waals surface area contributed by atoms with Gasteiger partial charge in [0.05, 0.1) is 24.4 Å². The molecule has 8 heteroatoms. The quantitative estimate of drug-likeness (QED) is 0.891. The molecule has 0 radical (unpaired) electrons. The highest BCUT2D eigenvalue weighted by molar-refractivity contribution is 6.28. The van der Waals surface area contributed by atoms with Crippen molar-refractivity contribution in [1.82, 2.24) is 15.0 Å². The summed E-state index contributed by atoms with van der Waals surface area (Å²) in [7, 11) is 3.19. The fourth-order valence-corrected chi connectivity index (χ4v) is 1.66. The number of nitriles is 1. The third-order valence-electron chi connectivity index (χ3n) is 2.41. The lowest BCUT2D eigenvalue weighted by Crippen LogP contribution is -2.04. The van der Waals surface area contributed by atoms with Crippen molar-refractivity contribution in [2.45, 2.75) is 0 Å². The lowest BCUT2D eigenvalue weighted by atomic mass is 10.2. The van der Waals surface area contributed by atoms with Crippen LogP contribution in [-0.2, 0) is 0 Å². The first kappa shape index (κ1) is 13.8. The first-order chi connectivity index (χ1) is 9.66. The molecule has 0 amide bonds. The van der Waals surface area contributed by atoms with Gasteiger partial charge in [-0.25, -0.2) is 0 Å². The van der Waals surface area contributed by atoms with Crippen LogP contribution < -0.4 is 15.4 Å². The minimum absolute atomic E-state index is 0.0689. The average Bonchev–Trinajstić information content (AvgIpc) is 2.47. The van der Waals surface area contributed by atoms with Crippen LogP contribution in [0.4, 0.5) is 17.6 Å². The van der Waals surface area contributed by atoms with E-state index in [1.165, 1.54) is 7.11 Å². The highest BCUT2D eigenvalue weighted by atomic mass is 35.5. The molecule has 0 saturated heterocycles. The molecule has 1 aromatic heterocycles. The largest absolute Gasteiger partial charge is 0.495 e. The third-order valence-corrected chi connectivity index (χ3v) is 2.58. The normalized spacial score (nSPS) is 9.70. The number of halogens is 1. The highest BCUT2D eigenvalue weighted by Crippen LogP contribution is 2.27. The van der Waals surface area contributed by atoms with Gasteiger partial charge in [0.1, 0.15) is 5.75 Å². The average molecular weight is 291 g/mol. The van der Waals surface area contributed by atoms with E-state index in [0.717, 1.165) is 0 Å². The van der Waals surface area contributed by atoms with Crippen molar-refractivity contribution in [3.63, 3.8) is 0 Å². The monoisotopic (exact) mass is 290 g/mol. The van der Waals surface area contributed by atoms with E-state index < -0.39 is 0 Å². The number of nitrogens with zero attached hydrogens (tertiary/aromatic N) is 4. The number of aromatic nitrogens is 3. The van der Waals surface area contributed by atoms with Crippen molar-refractivity contribution in [3.05, 3.63) is 29.0 Å². The number of rotatable bonds is 4. The molecule has 0 fully saturated rings. The van der Waals surface area contributed by atoms with Crippen LogP contribution in [0.1, 0.15) is 5.56 Å². The number of hydrogen-bond donors (Lipinski definition) is 2. The molecule has 102 valence electrons. The zero-order valence-electron chi connectivity index (χ0n) is 10.8. The van der Waals surface area contributed by atoms with Gasteiger partial charge in [-0.1, -0.05) is 0 Å². The van der Waals surface area contributed by atoms with E-state index in [1.807, 2.05) is 6.07 Å². The fraction of sp³-hybridized carbons (Fsp3) is 0.167. The van der Waals surface area contributed by atoms with E-state index in [4.69, 9.17) is 21.6 Å². The molecule has 0 saturated carbocycles. The number of ether oxygens (including phenoxy) is 1. The van der Waals surface area contributed by atoms with E-state index in [-0.39, 0.29) is 11.2 Å². The minimum Gasteiger partial charge on any atom is -0.495 e. The first-order valence-corrected chi connectivity index (χ1v) is 5.98. The predicted molar refractivity (Wildman–Crippen MR) is 75.4 cm³/mol. The van der Waals surface area contributed by atoms with Gasteiger partial charge in [0.15, 0.2) is 0 Å². The number of methoxy groups -OCH3 is 1. The smallest absolute Gasteiger partial charge is 0.233 e. The predicted octanol–water partition coefficient (Wildman–Crippen LogP) is 2.19. The third kappa shape index (κ3) is 3.05. The van der Waals surface area contributed by atoms with Crippen molar-refractivity contribution in [2.24, 2.45) is 0 Å². The van der Waals surface area contributed by atoms with Crippen molar-refractivity contribution in [1.29, 1.82) is 5.26 Å². The Labute approximate surface area is 120 Å². The zero-order chi connectivity index (χ0) is 14.5. The molecule has 20 heavy (non-hydrogen) atoms. The Morgan fingerprint density at radius 1 is 1.25 bits per heavy atom. The molecule has 2 N–H and O–H groups in total. The molecule has 0 aliphatic carbocycles. The molecule has 0 spiro atoms. The molecular weight excluding hydrogens is 280 g/mol. The molecule has 0 aliphatic heterocycles. The van der Waals surface area contributed by atoms with Crippen molar-refractivity contribution in [3.8, 4) is 11.8 Å². The number of hydrogen-bond acceptors (Lipinski definition) is 7. The van der Waals surface area contributed by atoms with Crippen LogP contribution in [0.5, 0.6) is 5.75 Å². The lowest BCUT2D eigenvalue weighted by molar-refractivity contribution is 0.416. The van der Waals surface area contributed by atoms with Gasteiger partial charge < -0.3 is 15.4 Å². The Morgan fingerprint density at radius 3 is 2.65 bits per heavy atom. The fourth-order valence-electron chi connectivity index (χ4n) is 1.50. The summed E-state index contributed by atoms with van der Waals surface area (Å²) in [4.78, 5) is 12.0. The molecule has 2 rings (SSSR count). The molecule has 0 bridgehead atoms. The van der Waals surface area contributed by atoms with Gasteiger partial charge in [0.2, 0.25) is 17.2 Å². The SMILES string of the molecule is CNc1nc(Cl)nc(Nc2ccc(C#N)cc2OC)n1. The maximum Gasteiger partial charge on any atom is 0.233 e. The number of benzene rings is 1. The van der Waals surface area contributed by atoms with Crippen molar-refractivity contribution >= 4 is 29.2 Å². The topological polar surface area (TPSA) is 95.8 Å². The van der Waals surface area contributed by atoms with Gasteiger partial charge in [-0.15, -0.1) is 0 Å². The summed E-state index contributed by atoms with van der Waals surface area (Å²) < 4.78 is 5.21. The summed E-state index contributed by atoms with van der Waals surface area (Å²) in [5.41, 5.74) is 1.12. The van der Waals surface area contributed by atoms with Crippen LogP contribution in [0.15, 0.2) is 18.2 Å². The zero-order valence-corrected chi connectivity index (χ0v) is 11.6. The Morgan fingerprint density at radius 2 is 2.00 bits per heavy atom. The van der Waals surface area contributed by atoms with Crippen molar-refractivity contribution < 1.29 is 4.74 Å². The van der Waals surface area contributed by atoms with Crippen molar-refractivity contribution in [2.75, 3.05) is 24.8 Å². The van der Waals surface area contributed by atoms with Gasteiger partial charge in [0.25, 0.3) is 0 Å². The first-order valence-electron chi connectivity index (χ1n) is 5.60. The van der Waals surface area contributed by atoms with E-state index in [0.29, 0.717) is 22.9 Å². The van der Waals surface area contributed by atoms with Gasteiger partial charge in [0, 0.05) is 13.1 Å². The minimum atomic E-state index is 0.0689. The number of anilines is 3. The molecule has 0 unspecified atom stereocenters. The molecule has 0 atom stereocenters. The van der Waals surface area contributed by atoms with E-state index in [2.05, 4.69) is 25.6 Å². The van der Waals surface area contributed by atoms with Gasteiger partial charge in [-0.3, -0.25) is 0 Å². The van der Waals surface area contributed by atoms with Crippen LogP contribution in [0, 0.1) is 11.3 Å². The Bertz CT molecular complexity index is 669. The molecule has 2 aromatic rings. The summed E-state index contributed by atoms with van der Waals surface area (Å²) in [5.74, 6) is 1.13. The standard InChI is InChI=1S/C12H11ClN6O/c1-15-11-17-10(13)18-12(19-11)16-8-4-3-7(6-14)5-9(8)20-2/h3-5H,1-2H3,(H2,15,16,17,18,19). The lowest BCUT2D eigenvalue weighted by Gasteiger charge is -2.10. The summed E-state index contributed by atoms with van der Waals surface area (Å²) in [6.45, 7) is 0. The van der Waals surface area contributed by atoms with E-state index in [1.54, 1.807) is 25.2 Å². The molecule has 1 aromatic carbocycles. The van der Waals surface area contributed by atoms with Crippen LogP contribution in [-0.4, -0.2) is 29.1 Å². The molecule has 1 heterocycles. The summed E-state index contributed by atoms with van der Waals surface area (Å²) in [6, 6.07) is 7.02. The second kappa shape index (κ2) is 6.04.